The number of halogens is 1. The van der Waals surface area contributed by atoms with Crippen molar-refractivity contribution in [2.24, 2.45) is 5.41 Å². The molecule has 0 atom stereocenters. The van der Waals surface area contributed by atoms with E-state index in [1.165, 1.54) is 4.88 Å². The molecule has 0 unspecified atom stereocenters. The van der Waals surface area contributed by atoms with Crippen LogP contribution in [0, 0.1) is 5.41 Å². The van der Waals surface area contributed by atoms with Gasteiger partial charge in [-0.2, -0.15) is 0 Å². The molecule has 0 saturated heterocycles. The minimum atomic E-state index is -0.505. The van der Waals surface area contributed by atoms with Crippen LogP contribution in [0.25, 0.3) is 0 Å². The van der Waals surface area contributed by atoms with E-state index in [1.807, 2.05) is 41.8 Å². The van der Waals surface area contributed by atoms with E-state index in [0.29, 0.717) is 12.8 Å². The SMILES string of the molecule is OCC(CO)(Cc1ccccc1)Cc1sccc1Br. The lowest BCUT2D eigenvalue weighted by molar-refractivity contribution is 0.0553. The van der Waals surface area contributed by atoms with E-state index in [4.69, 9.17) is 0 Å². The van der Waals surface area contributed by atoms with Gasteiger partial charge in [0.25, 0.3) is 0 Å². The predicted octanol–water partition coefficient (Wildman–Crippen LogP) is 3.27. The van der Waals surface area contributed by atoms with Gasteiger partial charge in [-0.05, 0) is 45.8 Å². The van der Waals surface area contributed by atoms with Crippen LogP contribution in [-0.4, -0.2) is 23.4 Å². The van der Waals surface area contributed by atoms with E-state index in [9.17, 15) is 10.2 Å². The van der Waals surface area contributed by atoms with Crippen molar-refractivity contribution in [1.82, 2.24) is 0 Å². The van der Waals surface area contributed by atoms with E-state index in [0.717, 1.165) is 10.0 Å². The molecule has 1 aromatic carbocycles. The van der Waals surface area contributed by atoms with E-state index in [-0.39, 0.29) is 13.2 Å². The summed E-state index contributed by atoms with van der Waals surface area (Å²) in [5.41, 5.74) is 0.632. The number of rotatable bonds is 6. The summed E-state index contributed by atoms with van der Waals surface area (Å²) in [4.78, 5) is 1.17. The summed E-state index contributed by atoms with van der Waals surface area (Å²) in [6.07, 6.45) is 1.35. The molecule has 0 aliphatic rings. The van der Waals surface area contributed by atoms with Gasteiger partial charge >= 0.3 is 0 Å². The van der Waals surface area contributed by atoms with Gasteiger partial charge in [0.05, 0.1) is 13.2 Å². The van der Waals surface area contributed by atoms with Gasteiger partial charge in [0, 0.05) is 14.8 Å². The average molecular weight is 341 g/mol. The van der Waals surface area contributed by atoms with E-state index < -0.39 is 5.41 Å². The Balaban J connectivity index is 2.20. The van der Waals surface area contributed by atoms with Crippen LogP contribution in [0.3, 0.4) is 0 Å². The van der Waals surface area contributed by atoms with Gasteiger partial charge in [0.2, 0.25) is 0 Å². The van der Waals surface area contributed by atoms with E-state index in [2.05, 4.69) is 15.9 Å². The number of hydrogen-bond acceptors (Lipinski definition) is 3. The van der Waals surface area contributed by atoms with Gasteiger partial charge in [-0.15, -0.1) is 11.3 Å². The maximum absolute atomic E-state index is 9.76. The van der Waals surface area contributed by atoms with E-state index in [1.54, 1.807) is 11.3 Å². The van der Waals surface area contributed by atoms with Crippen LogP contribution in [0.1, 0.15) is 10.4 Å². The molecule has 0 radical (unpaired) electrons. The summed E-state index contributed by atoms with van der Waals surface area (Å²) in [6.45, 7) is -0.0501. The molecule has 2 nitrogen and oxygen atoms in total. The molecule has 0 spiro atoms. The van der Waals surface area contributed by atoms with Crippen molar-refractivity contribution in [3.05, 3.63) is 56.7 Å². The third-order valence-corrected chi connectivity index (χ3v) is 5.25. The zero-order chi connectivity index (χ0) is 13.7. The fourth-order valence-electron chi connectivity index (χ4n) is 2.16. The Morgan fingerprint density at radius 1 is 1.00 bits per heavy atom. The Morgan fingerprint density at radius 2 is 1.68 bits per heavy atom. The molecule has 1 aromatic heterocycles. The standard InChI is InChI=1S/C15H17BrO2S/c16-13-6-7-19-14(13)9-15(10-17,11-18)8-12-4-2-1-3-5-12/h1-7,17-18H,8-11H2. The molecule has 0 fully saturated rings. The first-order chi connectivity index (χ1) is 9.19. The van der Waals surface area contributed by atoms with Crippen molar-refractivity contribution in [1.29, 1.82) is 0 Å². The second kappa shape index (κ2) is 6.66. The second-order valence-electron chi connectivity index (χ2n) is 4.85. The summed E-state index contributed by atoms with van der Waals surface area (Å²) < 4.78 is 1.05. The summed E-state index contributed by atoms with van der Waals surface area (Å²) in [7, 11) is 0. The molecule has 0 saturated carbocycles. The molecule has 102 valence electrons. The first-order valence-corrected chi connectivity index (χ1v) is 7.84. The van der Waals surface area contributed by atoms with Crippen molar-refractivity contribution in [2.75, 3.05) is 13.2 Å². The van der Waals surface area contributed by atoms with Crippen LogP contribution < -0.4 is 0 Å². The van der Waals surface area contributed by atoms with Crippen molar-refractivity contribution >= 4 is 27.3 Å². The maximum atomic E-state index is 9.76. The molecule has 0 aliphatic heterocycles. The van der Waals surface area contributed by atoms with Crippen LogP contribution >= 0.6 is 27.3 Å². The van der Waals surface area contributed by atoms with Crippen molar-refractivity contribution in [3.8, 4) is 0 Å². The van der Waals surface area contributed by atoms with Gasteiger partial charge in [0.1, 0.15) is 0 Å². The molecule has 2 aromatic rings. The lowest BCUT2D eigenvalue weighted by Gasteiger charge is -2.29. The fourth-order valence-corrected chi connectivity index (χ4v) is 3.82. The minimum Gasteiger partial charge on any atom is -0.396 e. The van der Waals surface area contributed by atoms with Gasteiger partial charge in [-0.3, -0.25) is 0 Å². The minimum absolute atomic E-state index is 0.0251. The summed E-state index contributed by atoms with van der Waals surface area (Å²) >= 11 is 5.16. The number of hydrogen-bond donors (Lipinski definition) is 2. The molecule has 0 bridgehead atoms. The molecular formula is C15H17BrO2S. The summed E-state index contributed by atoms with van der Waals surface area (Å²) in [6, 6.07) is 12.0. The second-order valence-corrected chi connectivity index (χ2v) is 6.70. The van der Waals surface area contributed by atoms with Gasteiger partial charge in [-0.25, -0.2) is 0 Å². The Kier molecular flexibility index (Phi) is 5.16. The number of benzene rings is 1. The molecule has 1 heterocycles. The van der Waals surface area contributed by atoms with Crippen molar-refractivity contribution in [2.45, 2.75) is 12.8 Å². The highest BCUT2D eigenvalue weighted by atomic mass is 79.9. The smallest absolute Gasteiger partial charge is 0.0516 e. The Hall–Kier alpha value is -0.680. The van der Waals surface area contributed by atoms with Crippen molar-refractivity contribution in [3.63, 3.8) is 0 Å². The van der Waals surface area contributed by atoms with Crippen LogP contribution in [0.5, 0.6) is 0 Å². The van der Waals surface area contributed by atoms with Gasteiger partial charge < -0.3 is 10.2 Å². The Morgan fingerprint density at radius 3 is 2.21 bits per heavy atom. The van der Waals surface area contributed by atoms with Gasteiger partial charge in [0.15, 0.2) is 0 Å². The third-order valence-electron chi connectivity index (χ3n) is 3.32. The first kappa shape index (κ1) is 14.7. The number of aliphatic hydroxyl groups excluding tert-OH is 2. The molecule has 2 rings (SSSR count). The number of aliphatic hydroxyl groups is 2. The lowest BCUT2D eigenvalue weighted by Crippen LogP contribution is -2.34. The topological polar surface area (TPSA) is 40.5 Å². The molecule has 2 N–H and O–H groups in total. The highest BCUT2D eigenvalue weighted by Crippen LogP contribution is 2.33. The predicted molar refractivity (Wildman–Crippen MR) is 82.5 cm³/mol. The fraction of sp³-hybridized carbons (Fsp3) is 0.333. The largest absolute Gasteiger partial charge is 0.396 e. The first-order valence-electron chi connectivity index (χ1n) is 6.17. The monoisotopic (exact) mass is 340 g/mol. The zero-order valence-corrected chi connectivity index (χ0v) is 13.0. The van der Waals surface area contributed by atoms with Crippen molar-refractivity contribution < 1.29 is 10.2 Å². The van der Waals surface area contributed by atoms with Crippen LogP contribution in [-0.2, 0) is 12.8 Å². The van der Waals surface area contributed by atoms with Crippen LogP contribution in [0.4, 0.5) is 0 Å². The molecular weight excluding hydrogens is 324 g/mol. The zero-order valence-electron chi connectivity index (χ0n) is 10.6. The molecule has 0 aliphatic carbocycles. The average Bonchev–Trinajstić information content (AvgIpc) is 2.84. The number of thiophene rings is 1. The van der Waals surface area contributed by atoms with Gasteiger partial charge in [-0.1, -0.05) is 30.3 Å². The van der Waals surface area contributed by atoms with E-state index >= 15 is 0 Å². The Bertz CT molecular complexity index is 506. The maximum Gasteiger partial charge on any atom is 0.0516 e. The Labute approximate surface area is 125 Å². The van der Waals surface area contributed by atoms with Crippen LogP contribution in [0.15, 0.2) is 46.3 Å². The third kappa shape index (κ3) is 3.66. The van der Waals surface area contributed by atoms with Crippen LogP contribution in [0.2, 0.25) is 0 Å². The molecule has 0 amide bonds. The molecule has 4 heteroatoms. The lowest BCUT2D eigenvalue weighted by atomic mass is 9.79. The highest BCUT2D eigenvalue weighted by Gasteiger charge is 2.30. The normalized spacial score (nSPS) is 11.7. The molecule has 19 heavy (non-hydrogen) atoms. The quantitative estimate of drug-likeness (QED) is 0.847. The summed E-state index contributed by atoms with van der Waals surface area (Å²) in [5, 5.41) is 21.5. The highest BCUT2D eigenvalue weighted by molar-refractivity contribution is 9.10. The summed E-state index contributed by atoms with van der Waals surface area (Å²) in [5.74, 6) is 0.